The number of hydrogen-bond donors (Lipinski definition) is 2. The van der Waals surface area contributed by atoms with Crippen LogP contribution in [0.25, 0.3) is 32.6 Å². The van der Waals surface area contributed by atoms with Crippen LogP contribution in [0.2, 0.25) is 0 Å². The number of nitrogens with zero attached hydrogens (tertiary/aromatic N) is 3. The SMILES string of the molecule is c1ccc(Oc2ccc(Nc3ncnc4nc(-c5csc6ccccc56)[nH]c34)cc2)cc1. The Labute approximate surface area is 187 Å². The van der Waals surface area contributed by atoms with Crippen molar-refractivity contribution in [3.8, 4) is 22.9 Å². The molecule has 0 atom stereocenters. The van der Waals surface area contributed by atoms with Gasteiger partial charge in [-0.05, 0) is 42.5 Å². The van der Waals surface area contributed by atoms with Crippen LogP contribution in [0.1, 0.15) is 0 Å². The molecular weight excluding hydrogens is 418 g/mol. The summed E-state index contributed by atoms with van der Waals surface area (Å²) in [5.41, 5.74) is 3.35. The summed E-state index contributed by atoms with van der Waals surface area (Å²) in [4.78, 5) is 16.9. The van der Waals surface area contributed by atoms with Crippen molar-refractivity contribution >= 4 is 44.1 Å². The van der Waals surface area contributed by atoms with Crippen LogP contribution >= 0.6 is 11.3 Å². The van der Waals surface area contributed by atoms with Gasteiger partial charge in [-0.2, -0.15) is 0 Å². The lowest BCUT2D eigenvalue weighted by Crippen LogP contribution is -1.95. The molecule has 0 aliphatic heterocycles. The summed E-state index contributed by atoms with van der Waals surface area (Å²) in [6, 6.07) is 25.8. The van der Waals surface area contributed by atoms with E-state index in [1.54, 1.807) is 11.3 Å². The highest BCUT2D eigenvalue weighted by molar-refractivity contribution is 7.17. The molecule has 0 fully saturated rings. The Morgan fingerprint density at radius 1 is 0.812 bits per heavy atom. The van der Waals surface area contributed by atoms with Gasteiger partial charge in [-0.15, -0.1) is 11.3 Å². The Hall–Kier alpha value is -4.23. The average Bonchev–Trinajstić information content (AvgIpc) is 3.46. The number of imidazole rings is 1. The van der Waals surface area contributed by atoms with Crippen LogP contribution < -0.4 is 10.1 Å². The number of H-pyrrole nitrogens is 1. The van der Waals surface area contributed by atoms with Gasteiger partial charge in [-0.3, -0.25) is 0 Å². The van der Waals surface area contributed by atoms with Gasteiger partial charge in [0.15, 0.2) is 11.5 Å². The van der Waals surface area contributed by atoms with Crippen molar-refractivity contribution in [2.75, 3.05) is 5.32 Å². The van der Waals surface area contributed by atoms with Crippen LogP contribution in [-0.4, -0.2) is 19.9 Å². The first-order valence-electron chi connectivity index (χ1n) is 10.1. The van der Waals surface area contributed by atoms with Gasteiger partial charge in [-0.1, -0.05) is 36.4 Å². The molecule has 7 heteroatoms. The van der Waals surface area contributed by atoms with E-state index in [1.165, 1.54) is 16.4 Å². The molecule has 0 unspecified atom stereocenters. The van der Waals surface area contributed by atoms with Crippen molar-refractivity contribution < 1.29 is 4.74 Å². The maximum Gasteiger partial charge on any atom is 0.183 e. The smallest absolute Gasteiger partial charge is 0.183 e. The number of rotatable bonds is 5. The lowest BCUT2D eigenvalue weighted by Gasteiger charge is -2.08. The molecule has 3 aromatic heterocycles. The molecule has 0 aliphatic rings. The lowest BCUT2D eigenvalue weighted by molar-refractivity contribution is 0.483. The molecule has 6 nitrogen and oxygen atoms in total. The summed E-state index contributed by atoms with van der Waals surface area (Å²) in [5.74, 6) is 3.03. The standard InChI is InChI=1S/C25H17N5OS/c1-2-6-17(7-3-1)31-18-12-10-16(11-13-18)28-24-22-25(27-15-26-24)30-23(29-22)20-14-32-21-9-5-4-8-19(20)21/h1-15H,(H2,26,27,28,29,30). The van der Waals surface area contributed by atoms with Gasteiger partial charge >= 0.3 is 0 Å². The van der Waals surface area contributed by atoms with Crippen LogP contribution in [0.5, 0.6) is 11.5 Å². The van der Waals surface area contributed by atoms with E-state index in [1.807, 2.05) is 66.7 Å². The largest absolute Gasteiger partial charge is 0.457 e. The zero-order valence-corrected chi connectivity index (χ0v) is 17.6. The van der Waals surface area contributed by atoms with Gasteiger partial charge in [0.05, 0.1) is 0 Å². The summed E-state index contributed by atoms with van der Waals surface area (Å²) < 4.78 is 7.09. The molecule has 6 rings (SSSR count). The Morgan fingerprint density at radius 3 is 2.47 bits per heavy atom. The number of nitrogens with one attached hydrogen (secondary N) is 2. The molecular formula is C25H17N5OS. The van der Waals surface area contributed by atoms with Crippen LogP contribution in [0.4, 0.5) is 11.5 Å². The minimum absolute atomic E-state index is 0.622. The zero-order valence-electron chi connectivity index (χ0n) is 16.8. The molecule has 32 heavy (non-hydrogen) atoms. The summed E-state index contributed by atoms with van der Waals surface area (Å²) >= 11 is 1.70. The van der Waals surface area contributed by atoms with Crippen molar-refractivity contribution in [1.29, 1.82) is 0 Å². The molecule has 0 spiro atoms. The van der Waals surface area contributed by atoms with Crippen molar-refractivity contribution in [3.05, 3.63) is 90.6 Å². The third-order valence-corrected chi connectivity index (χ3v) is 6.08. The molecule has 0 aliphatic carbocycles. The predicted octanol–water partition coefficient (Wildman–Crippen LogP) is 6.77. The molecule has 3 heterocycles. The van der Waals surface area contributed by atoms with Crippen molar-refractivity contribution in [1.82, 2.24) is 19.9 Å². The molecule has 2 N–H and O–H groups in total. The van der Waals surface area contributed by atoms with Crippen molar-refractivity contribution in [3.63, 3.8) is 0 Å². The Balaban J connectivity index is 1.29. The third-order valence-electron chi connectivity index (χ3n) is 5.12. The molecule has 0 saturated carbocycles. The highest BCUT2D eigenvalue weighted by atomic mass is 32.1. The van der Waals surface area contributed by atoms with Crippen LogP contribution in [-0.2, 0) is 0 Å². The zero-order chi connectivity index (χ0) is 21.3. The van der Waals surface area contributed by atoms with Gasteiger partial charge in [0.2, 0.25) is 0 Å². The Kier molecular flexibility index (Phi) is 4.51. The lowest BCUT2D eigenvalue weighted by atomic mass is 10.2. The first-order valence-corrected chi connectivity index (χ1v) is 11.0. The van der Waals surface area contributed by atoms with Gasteiger partial charge < -0.3 is 15.0 Å². The van der Waals surface area contributed by atoms with E-state index in [-0.39, 0.29) is 0 Å². The van der Waals surface area contributed by atoms with E-state index in [4.69, 9.17) is 9.72 Å². The first-order chi connectivity index (χ1) is 15.8. The van der Waals surface area contributed by atoms with Crippen molar-refractivity contribution in [2.24, 2.45) is 0 Å². The minimum atomic E-state index is 0.622. The first kappa shape index (κ1) is 18.5. The summed E-state index contributed by atoms with van der Waals surface area (Å²) in [5, 5.41) is 6.65. The van der Waals surface area contributed by atoms with Gasteiger partial charge in [-0.25, -0.2) is 15.0 Å². The second-order valence-corrected chi connectivity index (χ2v) is 8.13. The maximum absolute atomic E-state index is 5.87. The number of hydrogen-bond acceptors (Lipinski definition) is 6. The average molecular weight is 436 g/mol. The van der Waals surface area contributed by atoms with Crippen LogP contribution in [0.15, 0.2) is 90.6 Å². The number of anilines is 2. The number of benzene rings is 3. The summed E-state index contributed by atoms with van der Waals surface area (Å²) in [6.07, 6.45) is 1.52. The quantitative estimate of drug-likeness (QED) is 0.312. The van der Waals surface area contributed by atoms with Crippen LogP contribution in [0, 0.1) is 0 Å². The number of para-hydroxylation sites is 1. The predicted molar refractivity (Wildman–Crippen MR) is 129 cm³/mol. The number of fused-ring (bicyclic) bond motifs is 2. The molecule has 0 saturated heterocycles. The van der Waals surface area contributed by atoms with E-state index in [9.17, 15) is 0 Å². The third kappa shape index (κ3) is 3.44. The normalized spacial score (nSPS) is 11.1. The summed E-state index contributed by atoms with van der Waals surface area (Å²) in [6.45, 7) is 0. The molecule has 0 radical (unpaired) electrons. The van der Waals surface area contributed by atoms with E-state index < -0.39 is 0 Å². The number of ether oxygens (including phenoxy) is 1. The van der Waals surface area contributed by atoms with E-state index >= 15 is 0 Å². The Bertz CT molecular complexity index is 1520. The molecule has 3 aromatic carbocycles. The fourth-order valence-electron chi connectivity index (χ4n) is 3.58. The number of thiophene rings is 1. The molecule has 0 bridgehead atoms. The monoisotopic (exact) mass is 435 g/mol. The number of aromatic nitrogens is 4. The molecule has 0 amide bonds. The highest BCUT2D eigenvalue weighted by Gasteiger charge is 2.14. The topological polar surface area (TPSA) is 75.7 Å². The fraction of sp³-hybridized carbons (Fsp3) is 0. The van der Waals surface area contributed by atoms with Gasteiger partial charge in [0, 0.05) is 26.7 Å². The Morgan fingerprint density at radius 2 is 1.59 bits per heavy atom. The van der Waals surface area contributed by atoms with E-state index in [0.717, 1.165) is 34.1 Å². The fourth-order valence-corrected chi connectivity index (χ4v) is 4.53. The van der Waals surface area contributed by atoms with E-state index in [2.05, 4.69) is 37.8 Å². The van der Waals surface area contributed by atoms with Gasteiger partial charge in [0.25, 0.3) is 0 Å². The van der Waals surface area contributed by atoms with Crippen LogP contribution in [0.3, 0.4) is 0 Å². The minimum Gasteiger partial charge on any atom is -0.457 e. The van der Waals surface area contributed by atoms with Crippen molar-refractivity contribution in [2.45, 2.75) is 0 Å². The summed E-state index contributed by atoms with van der Waals surface area (Å²) in [7, 11) is 0. The maximum atomic E-state index is 5.87. The second-order valence-electron chi connectivity index (χ2n) is 7.22. The number of aromatic amines is 1. The van der Waals surface area contributed by atoms with Gasteiger partial charge in [0.1, 0.15) is 29.2 Å². The second kappa shape index (κ2) is 7.79. The molecule has 6 aromatic rings. The highest BCUT2D eigenvalue weighted by Crippen LogP contribution is 2.34. The van der Waals surface area contributed by atoms with E-state index in [0.29, 0.717) is 11.5 Å². The molecule has 154 valence electrons.